The Labute approximate surface area is 135 Å². The minimum Gasteiger partial charge on any atom is -0.352 e. The number of nitrogens with one attached hydrogen (secondary N) is 2. The number of carbonyl (C=O) groups is 3. The van der Waals surface area contributed by atoms with Gasteiger partial charge >= 0.3 is 6.03 Å². The predicted octanol–water partition coefficient (Wildman–Crippen LogP) is 1.35. The summed E-state index contributed by atoms with van der Waals surface area (Å²) in [4.78, 5) is 37.5. The first-order chi connectivity index (χ1) is 10.3. The molecule has 2 aliphatic heterocycles. The molecule has 0 radical (unpaired) electrons. The van der Waals surface area contributed by atoms with Gasteiger partial charge in [-0.2, -0.15) is 11.8 Å². The second-order valence-corrected chi connectivity index (χ2v) is 7.75. The van der Waals surface area contributed by atoms with E-state index in [0.29, 0.717) is 18.1 Å². The maximum Gasteiger partial charge on any atom is 0.325 e. The van der Waals surface area contributed by atoms with Crippen LogP contribution in [-0.4, -0.2) is 52.4 Å². The number of urea groups is 1. The molecule has 7 heteroatoms. The van der Waals surface area contributed by atoms with E-state index in [1.807, 2.05) is 6.92 Å². The van der Waals surface area contributed by atoms with Gasteiger partial charge in [-0.05, 0) is 37.9 Å². The highest BCUT2D eigenvalue weighted by Crippen LogP contribution is 2.33. The molecule has 2 atom stereocenters. The molecule has 2 saturated heterocycles. The summed E-state index contributed by atoms with van der Waals surface area (Å²) >= 11 is 1.65. The number of imide groups is 1. The Hall–Kier alpha value is -1.24. The lowest BCUT2D eigenvalue weighted by atomic mass is 9.99. The van der Waals surface area contributed by atoms with E-state index in [1.165, 1.54) is 0 Å². The minimum atomic E-state index is -0.773. The van der Waals surface area contributed by atoms with E-state index in [2.05, 4.69) is 24.5 Å². The fourth-order valence-electron chi connectivity index (χ4n) is 2.77. The van der Waals surface area contributed by atoms with Gasteiger partial charge in [-0.3, -0.25) is 14.5 Å². The normalized spacial score (nSPS) is 25.9. The van der Waals surface area contributed by atoms with Gasteiger partial charge in [0.1, 0.15) is 12.1 Å². The summed E-state index contributed by atoms with van der Waals surface area (Å²) in [7, 11) is 0. The summed E-state index contributed by atoms with van der Waals surface area (Å²) < 4.78 is 0. The third-order valence-electron chi connectivity index (χ3n) is 4.15. The molecule has 6 nitrogen and oxygen atoms in total. The first-order valence-electron chi connectivity index (χ1n) is 7.85. The zero-order chi connectivity index (χ0) is 16.3. The second kappa shape index (κ2) is 6.89. The third kappa shape index (κ3) is 3.74. The van der Waals surface area contributed by atoms with Crippen LogP contribution in [0.3, 0.4) is 0 Å². The lowest BCUT2D eigenvalue weighted by Crippen LogP contribution is -2.48. The largest absolute Gasteiger partial charge is 0.352 e. The van der Waals surface area contributed by atoms with Crippen molar-refractivity contribution in [1.29, 1.82) is 0 Å². The topological polar surface area (TPSA) is 78.5 Å². The van der Waals surface area contributed by atoms with Crippen molar-refractivity contribution >= 4 is 29.6 Å². The van der Waals surface area contributed by atoms with Crippen LogP contribution in [0.5, 0.6) is 0 Å². The number of thioether (sulfide) groups is 1. The average Bonchev–Trinajstić information content (AvgIpc) is 2.98. The standard InChI is InChI=1S/C15H25N3O3S/c1-10(2)4-5-11(3)16-12(19)8-18-13(20)15(17-14(18)21)6-7-22-9-15/h10-11H,4-9H2,1-3H3,(H,16,19)(H,17,21)/t11-,15+/m1/s1. The van der Waals surface area contributed by atoms with Crippen molar-refractivity contribution in [2.75, 3.05) is 18.1 Å². The Morgan fingerprint density at radius 1 is 1.36 bits per heavy atom. The molecule has 2 fully saturated rings. The van der Waals surface area contributed by atoms with Crippen molar-refractivity contribution in [1.82, 2.24) is 15.5 Å². The quantitative estimate of drug-likeness (QED) is 0.722. The number of carbonyl (C=O) groups excluding carboxylic acids is 3. The fourth-order valence-corrected chi connectivity index (χ4v) is 4.10. The van der Waals surface area contributed by atoms with Gasteiger partial charge in [-0.1, -0.05) is 13.8 Å². The zero-order valence-corrected chi connectivity index (χ0v) is 14.3. The van der Waals surface area contributed by atoms with E-state index < -0.39 is 11.6 Å². The highest BCUT2D eigenvalue weighted by Gasteiger charge is 2.53. The maximum absolute atomic E-state index is 12.4. The molecule has 0 aromatic rings. The Morgan fingerprint density at radius 2 is 2.09 bits per heavy atom. The van der Waals surface area contributed by atoms with E-state index in [-0.39, 0.29) is 24.4 Å². The molecule has 4 amide bonds. The maximum atomic E-state index is 12.4. The van der Waals surface area contributed by atoms with Crippen molar-refractivity contribution < 1.29 is 14.4 Å². The van der Waals surface area contributed by atoms with Gasteiger partial charge < -0.3 is 10.6 Å². The van der Waals surface area contributed by atoms with Crippen LogP contribution >= 0.6 is 11.8 Å². The van der Waals surface area contributed by atoms with Crippen molar-refractivity contribution in [3.8, 4) is 0 Å². The van der Waals surface area contributed by atoms with Crippen LogP contribution in [0.1, 0.15) is 40.0 Å². The highest BCUT2D eigenvalue weighted by atomic mass is 32.2. The fraction of sp³-hybridized carbons (Fsp3) is 0.800. The van der Waals surface area contributed by atoms with Gasteiger partial charge in [0.2, 0.25) is 5.91 Å². The smallest absolute Gasteiger partial charge is 0.325 e. The van der Waals surface area contributed by atoms with Crippen molar-refractivity contribution in [3.05, 3.63) is 0 Å². The molecule has 0 bridgehead atoms. The van der Waals surface area contributed by atoms with Gasteiger partial charge in [0.15, 0.2) is 0 Å². The molecule has 2 rings (SSSR count). The average molecular weight is 327 g/mol. The molecular weight excluding hydrogens is 302 g/mol. The molecule has 22 heavy (non-hydrogen) atoms. The van der Waals surface area contributed by atoms with Crippen molar-refractivity contribution in [2.24, 2.45) is 5.92 Å². The summed E-state index contributed by atoms with van der Waals surface area (Å²) in [5, 5.41) is 5.63. The number of rotatable bonds is 6. The van der Waals surface area contributed by atoms with Gasteiger partial charge in [-0.15, -0.1) is 0 Å². The molecular formula is C15H25N3O3S. The van der Waals surface area contributed by atoms with Crippen LogP contribution in [0.15, 0.2) is 0 Å². The SMILES string of the molecule is CC(C)CC[C@@H](C)NC(=O)CN1C(=O)N[C@]2(CCSC2)C1=O. The van der Waals surface area contributed by atoms with E-state index in [1.54, 1.807) is 11.8 Å². The van der Waals surface area contributed by atoms with Crippen LogP contribution in [0.4, 0.5) is 4.79 Å². The number of hydrogen-bond donors (Lipinski definition) is 2. The van der Waals surface area contributed by atoms with Crippen LogP contribution in [-0.2, 0) is 9.59 Å². The van der Waals surface area contributed by atoms with E-state index in [4.69, 9.17) is 0 Å². The minimum absolute atomic E-state index is 0.0478. The van der Waals surface area contributed by atoms with Crippen molar-refractivity contribution in [3.63, 3.8) is 0 Å². The Kier molecular flexibility index (Phi) is 5.36. The second-order valence-electron chi connectivity index (χ2n) is 6.65. The Morgan fingerprint density at radius 3 is 2.68 bits per heavy atom. The van der Waals surface area contributed by atoms with Crippen molar-refractivity contribution in [2.45, 2.75) is 51.6 Å². The van der Waals surface area contributed by atoms with Crippen LogP contribution in [0.2, 0.25) is 0 Å². The molecule has 0 aromatic heterocycles. The Bertz CT molecular complexity index is 461. The van der Waals surface area contributed by atoms with Gasteiger partial charge in [0.25, 0.3) is 5.91 Å². The molecule has 2 heterocycles. The molecule has 0 aromatic carbocycles. The molecule has 0 aliphatic carbocycles. The molecule has 2 aliphatic rings. The van der Waals surface area contributed by atoms with E-state index >= 15 is 0 Å². The van der Waals surface area contributed by atoms with Crippen LogP contribution < -0.4 is 10.6 Å². The summed E-state index contributed by atoms with van der Waals surface area (Å²) in [5.41, 5.74) is -0.773. The number of nitrogens with zero attached hydrogens (tertiary/aromatic N) is 1. The highest BCUT2D eigenvalue weighted by molar-refractivity contribution is 7.99. The number of amides is 4. The van der Waals surface area contributed by atoms with Crippen LogP contribution in [0.25, 0.3) is 0 Å². The van der Waals surface area contributed by atoms with E-state index in [0.717, 1.165) is 23.5 Å². The van der Waals surface area contributed by atoms with Gasteiger partial charge in [0.05, 0.1) is 0 Å². The molecule has 2 N–H and O–H groups in total. The summed E-state index contributed by atoms with van der Waals surface area (Å²) in [5.74, 6) is 1.51. The Balaban J connectivity index is 1.86. The van der Waals surface area contributed by atoms with Gasteiger partial charge in [0, 0.05) is 11.8 Å². The molecule has 0 unspecified atom stereocenters. The lowest BCUT2D eigenvalue weighted by Gasteiger charge is -2.20. The molecule has 0 saturated carbocycles. The number of hydrogen-bond acceptors (Lipinski definition) is 4. The monoisotopic (exact) mass is 327 g/mol. The van der Waals surface area contributed by atoms with Crippen LogP contribution in [0, 0.1) is 5.92 Å². The summed E-state index contributed by atoms with van der Waals surface area (Å²) in [6, 6.07) is -0.399. The third-order valence-corrected chi connectivity index (χ3v) is 5.34. The molecule has 124 valence electrons. The lowest BCUT2D eigenvalue weighted by molar-refractivity contribution is -0.134. The summed E-state index contributed by atoms with van der Waals surface area (Å²) in [6.07, 6.45) is 2.57. The predicted molar refractivity (Wildman–Crippen MR) is 86.6 cm³/mol. The van der Waals surface area contributed by atoms with Gasteiger partial charge in [-0.25, -0.2) is 4.79 Å². The first-order valence-corrected chi connectivity index (χ1v) is 9.01. The first kappa shape index (κ1) is 17.1. The molecule has 1 spiro atoms. The summed E-state index contributed by atoms with van der Waals surface area (Å²) in [6.45, 7) is 6.03. The van der Waals surface area contributed by atoms with E-state index in [9.17, 15) is 14.4 Å². The zero-order valence-electron chi connectivity index (χ0n) is 13.5.